The van der Waals surface area contributed by atoms with Crippen molar-refractivity contribution in [2.45, 2.75) is 6.42 Å². The third-order valence-electron chi connectivity index (χ3n) is 3.73. The molecule has 6 heteroatoms. The minimum atomic E-state index is -0.390. The van der Waals surface area contributed by atoms with Gasteiger partial charge in [0.1, 0.15) is 5.76 Å². The molecule has 0 spiro atoms. The lowest BCUT2D eigenvalue weighted by atomic mass is 10.1. The van der Waals surface area contributed by atoms with Gasteiger partial charge in [0.15, 0.2) is 5.76 Å². The predicted molar refractivity (Wildman–Crippen MR) is 99.3 cm³/mol. The van der Waals surface area contributed by atoms with E-state index in [1.807, 2.05) is 18.2 Å². The lowest BCUT2D eigenvalue weighted by Gasteiger charge is -2.06. The van der Waals surface area contributed by atoms with E-state index in [1.165, 1.54) is 7.11 Å². The molecule has 0 unspecified atom stereocenters. The molecule has 0 aliphatic carbocycles. The summed E-state index contributed by atoms with van der Waals surface area (Å²) in [7, 11) is 1.33. The molecule has 0 aliphatic heterocycles. The molecule has 0 saturated carbocycles. The highest BCUT2D eigenvalue weighted by Gasteiger charge is 2.14. The Labute approximate surface area is 155 Å². The van der Waals surface area contributed by atoms with Crippen molar-refractivity contribution in [2.24, 2.45) is 0 Å². The van der Waals surface area contributed by atoms with E-state index >= 15 is 0 Å². The van der Waals surface area contributed by atoms with Crippen LogP contribution in [0.25, 0.3) is 11.3 Å². The summed E-state index contributed by atoms with van der Waals surface area (Å²) >= 11 is 6.15. The van der Waals surface area contributed by atoms with E-state index < -0.39 is 5.91 Å². The molecule has 0 radical (unpaired) electrons. The maximum absolute atomic E-state index is 12.4. The van der Waals surface area contributed by atoms with Crippen LogP contribution in [0.3, 0.4) is 0 Å². The number of amides is 1. The summed E-state index contributed by atoms with van der Waals surface area (Å²) < 4.78 is 10.3. The van der Waals surface area contributed by atoms with Gasteiger partial charge in [-0.25, -0.2) is 0 Å². The first-order valence-electron chi connectivity index (χ1n) is 7.88. The molecule has 3 rings (SSSR count). The topological polar surface area (TPSA) is 68.5 Å². The summed E-state index contributed by atoms with van der Waals surface area (Å²) in [5, 5.41) is 3.30. The van der Waals surface area contributed by atoms with Crippen LogP contribution in [-0.2, 0) is 16.0 Å². The van der Waals surface area contributed by atoms with Crippen LogP contribution in [0.2, 0.25) is 5.02 Å². The Balaban J connectivity index is 1.74. The number of rotatable bonds is 5. The third-order valence-corrected chi connectivity index (χ3v) is 4.06. The summed E-state index contributed by atoms with van der Waals surface area (Å²) in [4.78, 5) is 23.8. The second-order valence-electron chi connectivity index (χ2n) is 5.55. The standard InChI is InChI=1S/C20H16ClNO4/c1-25-19(23)12-13-5-4-6-14(11-13)22-20(24)18-10-9-17(26-18)15-7-2-3-8-16(15)21/h2-11H,12H2,1H3,(H,22,24). The maximum Gasteiger partial charge on any atom is 0.309 e. The minimum Gasteiger partial charge on any atom is -0.469 e. The van der Waals surface area contributed by atoms with Crippen LogP contribution < -0.4 is 5.32 Å². The number of esters is 1. The minimum absolute atomic E-state index is 0.137. The molecule has 26 heavy (non-hydrogen) atoms. The van der Waals surface area contributed by atoms with Crippen LogP contribution in [-0.4, -0.2) is 19.0 Å². The molecule has 0 bridgehead atoms. The molecule has 3 aromatic rings. The van der Waals surface area contributed by atoms with Crippen molar-refractivity contribution in [1.82, 2.24) is 0 Å². The normalized spacial score (nSPS) is 10.4. The molecule has 0 atom stereocenters. The molecule has 1 N–H and O–H groups in total. The Morgan fingerprint density at radius 3 is 2.65 bits per heavy atom. The molecule has 1 amide bonds. The van der Waals surface area contributed by atoms with E-state index in [-0.39, 0.29) is 18.2 Å². The number of carbonyl (C=O) groups is 2. The van der Waals surface area contributed by atoms with Crippen molar-refractivity contribution < 1.29 is 18.7 Å². The highest BCUT2D eigenvalue weighted by atomic mass is 35.5. The third kappa shape index (κ3) is 4.13. The number of hydrogen-bond acceptors (Lipinski definition) is 4. The number of ether oxygens (including phenoxy) is 1. The Morgan fingerprint density at radius 1 is 1.08 bits per heavy atom. The van der Waals surface area contributed by atoms with Crippen molar-refractivity contribution in [1.29, 1.82) is 0 Å². The molecule has 0 fully saturated rings. The van der Waals surface area contributed by atoms with Gasteiger partial charge in [-0.05, 0) is 42.0 Å². The average molecular weight is 370 g/mol. The zero-order valence-corrected chi connectivity index (χ0v) is 14.7. The van der Waals surface area contributed by atoms with E-state index in [1.54, 1.807) is 42.5 Å². The van der Waals surface area contributed by atoms with Gasteiger partial charge in [-0.1, -0.05) is 35.9 Å². The van der Waals surface area contributed by atoms with E-state index in [0.29, 0.717) is 22.0 Å². The number of halogens is 1. The van der Waals surface area contributed by atoms with Gasteiger partial charge in [0, 0.05) is 11.3 Å². The SMILES string of the molecule is COC(=O)Cc1cccc(NC(=O)c2ccc(-c3ccccc3Cl)o2)c1. The predicted octanol–water partition coefficient (Wildman–Crippen LogP) is 4.57. The van der Waals surface area contributed by atoms with Crippen LogP contribution in [0, 0.1) is 0 Å². The molecular formula is C20H16ClNO4. The van der Waals surface area contributed by atoms with Crippen molar-refractivity contribution in [3.63, 3.8) is 0 Å². The van der Waals surface area contributed by atoms with Gasteiger partial charge in [-0.3, -0.25) is 9.59 Å². The summed E-state index contributed by atoms with van der Waals surface area (Å²) in [5.74, 6) is -0.0547. The summed E-state index contributed by atoms with van der Waals surface area (Å²) in [6.45, 7) is 0. The number of methoxy groups -OCH3 is 1. The number of anilines is 1. The number of nitrogens with one attached hydrogen (secondary N) is 1. The molecule has 0 aliphatic rings. The molecule has 1 heterocycles. The van der Waals surface area contributed by atoms with Gasteiger partial charge in [0.25, 0.3) is 5.91 Å². The first kappa shape index (κ1) is 17.8. The summed E-state index contributed by atoms with van der Waals surface area (Å²) in [6.07, 6.45) is 0.137. The van der Waals surface area contributed by atoms with Crippen LogP contribution in [0.15, 0.2) is 65.1 Å². The van der Waals surface area contributed by atoms with Crippen molar-refractivity contribution in [3.05, 3.63) is 77.0 Å². The first-order chi connectivity index (χ1) is 12.6. The fraction of sp³-hybridized carbons (Fsp3) is 0.100. The quantitative estimate of drug-likeness (QED) is 0.669. The largest absolute Gasteiger partial charge is 0.469 e. The van der Waals surface area contributed by atoms with Crippen LogP contribution >= 0.6 is 11.6 Å². The van der Waals surface area contributed by atoms with E-state index in [4.69, 9.17) is 16.0 Å². The highest BCUT2D eigenvalue weighted by Crippen LogP contribution is 2.29. The fourth-order valence-electron chi connectivity index (χ4n) is 2.46. The van der Waals surface area contributed by atoms with Gasteiger partial charge in [0.2, 0.25) is 0 Å². The second-order valence-corrected chi connectivity index (χ2v) is 5.96. The van der Waals surface area contributed by atoms with Crippen LogP contribution in [0.4, 0.5) is 5.69 Å². The zero-order chi connectivity index (χ0) is 18.5. The highest BCUT2D eigenvalue weighted by molar-refractivity contribution is 6.33. The first-order valence-corrected chi connectivity index (χ1v) is 8.26. The number of hydrogen-bond donors (Lipinski definition) is 1. The number of benzene rings is 2. The van der Waals surface area contributed by atoms with Crippen molar-refractivity contribution >= 4 is 29.2 Å². The molecule has 132 valence electrons. The van der Waals surface area contributed by atoms with Gasteiger partial charge in [0.05, 0.1) is 18.6 Å². The van der Waals surface area contributed by atoms with Gasteiger partial charge >= 0.3 is 5.97 Å². The molecule has 0 saturated heterocycles. The lowest BCUT2D eigenvalue weighted by molar-refractivity contribution is -0.139. The second kappa shape index (κ2) is 7.89. The molecule has 2 aromatic carbocycles. The molecular weight excluding hydrogens is 354 g/mol. The van der Waals surface area contributed by atoms with E-state index in [2.05, 4.69) is 10.1 Å². The molecule has 1 aromatic heterocycles. The zero-order valence-electron chi connectivity index (χ0n) is 14.0. The summed E-state index contributed by atoms with van der Waals surface area (Å²) in [5.41, 5.74) is 2.02. The van der Waals surface area contributed by atoms with Crippen LogP contribution in [0.1, 0.15) is 16.1 Å². The van der Waals surface area contributed by atoms with Crippen LogP contribution in [0.5, 0.6) is 0 Å². The fourth-order valence-corrected chi connectivity index (χ4v) is 2.69. The smallest absolute Gasteiger partial charge is 0.309 e. The Kier molecular flexibility index (Phi) is 5.39. The molecule has 5 nitrogen and oxygen atoms in total. The Bertz CT molecular complexity index is 948. The Morgan fingerprint density at radius 2 is 1.88 bits per heavy atom. The van der Waals surface area contributed by atoms with Gasteiger partial charge < -0.3 is 14.5 Å². The Hall–Kier alpha value is -3.05. The van der Waals surface area contributed by atoms with Gasteiger partial charge in [-0.2, -0.15) is 0 Å². The van der Waals surface area contributed by atoms with Crippen molar-refractivity contribution in [3.8, 4) is 11.3 Å². The maximum atomic E-state index is 12.4. The lowest BCUT2D eigenvalue weighted by Crippen LogP contribution is -2.11. The van der Waals surface area contributed by atoms with E-state index in [0.717, 1.165) is 5.56 Å². The monoisotopic (exact) mass is 369 g/mol. The number of carbonyl (C=O) groups excluding carboxylic acids is 2. The van der Waals surface area contributed by atoms with E-state index in [9.17, 15) is 9.59 Å². The average Bonchev–Trinajstić information content (AvgIpc) is 3.12. The van der Waals surface area contributed by atoms with Gasteiger partial charge in [-0.15, -0.1) is 0 Å². The number of furan rings is 1. The summed E-state index contributed by atoms with van der Waals surface area (Å²) in [6, 6.07) is 17.5. The van der Waals surface area contributed by atoms with Crippen molar-refractivity contribution in [2.75, 3.05) is 12.4 Å².